The van der Waals surface area contributed by atoms with Crippen LogP contribution in [0.15, 0.2) is 18.2 Å². The molecule has 1 aliphatic heterocycles. The smallest absolute Gasteiger partial charge is 0.233 e. The van der Waals surface area contributed by atoms with Crippen molar-refractivity contribution in [1.82, 2.24) is 4.90 Å². The fourth-order valence-corrected chi connectivity index (χ4v) is 4.29. The Morgan fingerprint density at radius 3 is 2.31 bits per heavy atom. The molecule has 1 heterocycles. The van der Waals surface area contributed by atoms with Gasteiger partial charge in [0.2, 0.25) is 17.7 Å². The first kappa shape index (κ1) is 18.6. The van der Waals surface area contributed by atoms with Gasteiger partial charge in [-0.15, -0.1) is 0 Å². The Hall–Kier alpha value is -2.17. The summed E-state index contributed by atoms with van der Waals surface area (Å²) in [6.07, 6.45) is 3.83. The number of hydrogen-bond acceptors (Lipinski definition) is 3. The summed E-state index contributed by atoms with van der Waals surface area (Å²) in [5.41, 5.74) is 3.06. The summed E-state index contributed by atoms with van der Waals surface area (Å²) >= 11 is 0. The minimum atomic E-state index is -0.146. The van der Waals surface area contributed by atoms with Crippen molar-refractivity contribution in [2.45, 2.75) is 52.9 Å². The van der Waals surface area contributed by atoms with E-state index in [9.17, 15) is 14.4 Å². The molecule has 0 spiro atoms. The second kappa shape index (κ2) is 7.60. The van der Waals surface area contributed by atoms with Gasteiger partial charge in [0.05, 0.1) is 11.8 Å². The molecule has 5 heteroatoms. The largest absolute Gasteiger partial charge is 0.312 e. The van der Waals surface area contributed by atoms with Crippen molar-refractivity contribution in [3.63, 3.8) is 0 Å². The van der Waals surface area contributed by atoms with Crippen molar-refractivity contribution in [1.29, 1.82) is 0 Å². The van der Waals surface area contributed by atoms with Crippen LogP contribution in [0.3, 0.4) is 0 Å². The van der Waals surface area contributed by atoms with Crippen molar-refractivity contribution in [2.24, 2.45) is 11.8 Å². The van der Waals surface area contributed by atoms with Crippen molar-refractivity contribution in [2.75, 3.05) is 18.0 Å². The standard InChI is InChI=1S/C21H28N2O3/c1-4-22(18-13-14(2)9-10-15(18)3)19(24)11-12-23-20(25)16-7-5-6-8-17(16)21(23)26/h9-10,13,16-17H,4-8,11-12H2,1-3H3. The van der Waals surface area contributed by atoms with Crippen LogP contribution in [-0.4, -0.2) is 35.7 Å². The van der Waals surface area contributed by atoms with Gasteiger partial charge in [0.25, 0.3) is 0 Å². The number of hydrogen-bond donors (Lipinski definition) is 0. The summed E-state index contributed by atoms with van der Waals surface area (Å²) in [5, 5.41) is 0. The Kier molecular flexibility index (Phi) is 5.44. The molecule has 5 nitrogen and oxygen atoms in total. The number of imide groups is 1. The average molecular weight is 356 g/mol. The van der Waals surface area contributed by atoms with E-state index < -0.39 is 0 Å². The molecule has 1 aromatic rings. The van der Waals surface area contributed by atoms with E-state index >= 15 is 0 Å². The molecule has 3 rings (SSSR count). The van der Waals surface area contributed by atoms with E-state index in [0.717, 1.165) is 42.5 Å². The van der Waals surface area contributed by atoms with Crippen LogP contribution in [0.25, 0.3) is 0 Å². The minimum absolute atomic E-state index is 0.0447. The molecule has 1 saturated heterocycles. The van der Waals surface area contributed by atoms with Gasteiger partial charge in [-0.05, 0) is 50.8 Å². The lowest BCUT2D eigenvalue weighted by Gasteiger charge is -2.24. The van der Waals surface area contributed by atoms with E-state index in [1.807, 2.05) is 39.0 Å². The number of benzene rings is 1. The Balaban J connectivity index is 1.68. The molecule has 2 atom stereocenters. The first-order chi connectivity index (χ1) is 12.4. The fraction of sp³-hybridized carbons (Fsp3) is 0.571. The molecule has 140 valence electrons. The summed E-state index contributed by atoms with van der Waals surface area (Å²) in [5.74, 6) is -0.471. The lowest BCUT2D eigenvalue weighted by molar-refractivity contribution is -0.140. The fourth-order valence-electron chi connectivity index (χ4n) is 4.29. The average Bonchev–Trinajstić information content (AvgIpc) is 2.88. The zero-order valence-electron chi connectivity index (χ0n) is 16.0. The normalized spacial score (nSPS) is 22.5. The van der Waals surface area contributed by atoms with E-state index in [1.54, 1.807) is 4.90 Å². The number of fused-ring (bicyclic) bond motifs is 1. The molecule has 1 aromatic carbocycles. The molecule has 0 N–H and O–H groups in total. The molecule has 0 radical (unpaired) electrons. The quantitative estimate of drug-likeness (QED) is 0.761. The van der Waals surface area contributed by atoms with Crippen molar-refractivity contribution >= 4 is 23.4 Å². The van der Waals surface area contributed by atoms with Crippen molar-refractivity contribution in [3.8, 4) is 0 Å². The van der Waals surface area contributed by atoms with E-state index in [1.165, 1.54) is 4.90 Å². The summed E-state index contributed by atoms with van der Waals surface area (Å²) in [6, 6.07) is 6.05. The Morgan fingerprint density at radius 1 is 1.12 bits per heavy atom. The van der Waals surface area contributed by atoms with Gasteiger partial charge in [-0.1, -0.05) is 25.0 Å². The number of carbonyl (C=O) groups excluding carboxylic acids is 3. The summed E-state index contributed by atoms with van der Waals surface area (Å²) in [7, 11) is 0. The zero-order chi connectivity index (χ0) is 18.8. The van der Waals surface area contributed by atoms with Gasteiger partial charge in [0.15, 0.2) is 0 Å². The second-order valence-corrected chi connectivity index (χ2v) is 7.50. The van der Waals surface area contributed by atoms with E-state index in [4.69, 9.17) is 0 Å². The van der Waals surface area contributed by atoms with Crippen LogP contribution in [0.1, 0.15) is 50.2 Å². The SMILES string of the molecule is CCN(C(=O)CCN1C(=O)C2CCCCC2C1=O)c1cc(C)ccc1C. The van der Waals surface area contributed by atoms with Crippen LogP contribution >= 0.6 is 0 Å². The van der Waals surface area contributed by atoms with Gasteiger partial charge in [-0.2, -0.15) is 0 Å². The molecular weight excluding hydrogens is 328 g/mol. The first-order valence-electron chi connectivity index (χ1n) is 9.67. The van der Waals surface area contributed by atoms with Crippen LogP contribution in [0, 0.1) is 25.7 Å². The van der Waals surface area contributed by atoms with Gasteiger partial charge in [-0.3, -0.25) is 19.3 Å². The first-order valence-corrected chi connectivity index (χ1v) is 9.67. The Labute approximate surface area is 155 Å². The summed E-state index contributed by atoms with van der Waals surface area (Å²) < 4.78 is 0. The second-order valence-electron chi connectivity index (χ2n) is 7.50. The summed E-state index contributed by atoms with van der Waals surface area (Å²) in [4.78, 5) is 41.0. The van der Waals surface area contributed by atoms with Crippen LogP contribution in [-0.2, 0) is 14.4 Å². The number of rotatable bonds is 5. The van der Waals surface area contributed by atoms with E-state index in [2.05, 4.69) is 0 Å². The topological polar surface area (TPSA) is 57.7 Å². The highest BCUT2D eigenvalue weighted by Crippen LogP contribution is 2.38. The Morgan fingerprint density at radius 2 is 1.73 bits per heavy atom. The molecule has 3 amide bonds. The van der Waals surface area contributed by atoms with Crippen LogP contribution in [0.5, 0.6) is 0 Å². The van der Waals surface area contributed by atoms with E-state index in [0.29, 0.717) is 6.54 Å². The van der Waals surface area contributed by atoms with Crippen LogP contribution in [0.4, 0.5) is 5.69 Å². The molecule has 0 bridgehead atoms. The number of aryl methyl sites for hydroxylation is 2. The molecule has 1 aliphatic carbocycles. The van der Waals surface area contributed by atoms with Crippen LogP contribution in [0.2, 0.25) is 0 Å². The lowest BCUT2D eigenvalue weighted by Crippen LogP contribution is -2.37. The van der Waals surface area contributed by atoms with Gasteiger partial charge >= 0.3 is 0 Å². The van der Waals surface area contributed by atoms with Gasteiger partial charge in [-0.25, -0.2) is 0 Å². The predicted octanol–water partition coefficient (Wildman–Crippen LogP) is 3.22. The minimum Gasteiger partial charge on any atom is -0.312 e. The number of amides is 3. The number of nitrogens with zero attached hydrogens (tertiary/aromatic N) is 2. The summed E-state index contributed by atoms with van der Waals surface area (Å²) in [6.45, 7) is 6.70. The maximum Gasteiger partial charge on any atom is 0.233 e. The highest BCUT2D eigenvalue weighted by molar-refractivity contribution is 6.05. The van der Waals surface area contributed by atoms with Crippen molar-refractivity contribution in [3.05, 3.63) is 29.3 Å². The third-order valence-corrected chi connectivity index (χ3v) is 5.75. The number of carbonyl (C=O) groups is 3. The highest BCUT2D eigenvalue weighted by Gasteiger charge is 2.47. The third-order valence-electron chi connectivity index (χ3n) is 5.75. The number of anilines is 1. The molecule has 0 aromatic heterocycles. The predicted molar refractivity (Wildman–Crippen MR) is 101 cm³/mol. The monoisotopic (exact) mass is 356 g/mol. The third kappa shape index (κ3) is 3.39. The molecule has 2 fully saturated rings. The Bertz CT molecular complexity index is 704. The van der Waals surface area contributed by atoms with Gasteiger partial charge in [0.1, 0.15) is 0 Å². The molecular formula is C21H28N2O3. The molecule has 2 aliphatic rings. The van der Waals surface area contributed by atoms with Crippen molar-refractivity contribution < 1.29 is 14.4 Å². The molecule has 1 saturated carbocycles. The highest BCUT2D eigenvalue weighted by atomic mass is 16.2. The maximum atomic E-state index is 12.8. The molecule has 26 heavy (non-hydrogen) atoms. The van der Waals surface area contributed by atoms with Crippen LogP contribution < -0.4 is 4.90 Å². The number of likely N-dealkylation sites (tertiary alicyclic amines) is 1. The lowest BCUT2D eigenvalue weighted by atomic mass is 9.81. The zero-order valence-corrected chi connectivity index (χ0v) is 16.0. The van der Waals surface area contributed by atoms with Gasteiger partial charge < -0.3 is 4.90 Å². The van der Waals surface area contributed by atoms with E-state index in [-0.39, 0.29) is 42.5 Å². The molecule has 2 unspecified atom stereocenters. The van der Waals surface area contributed by atoms with Gasteiger partial charge in [0, 0.05) is 25.2 Å². The maximum absolute atomic E-state index is 12.8.